The van der Waals surface area contributed by atoms with Crippen molar-refractivity contribution in [1.82, 2.24) is 0 Å². The quantitative estimate of drug-likeness (QED) is 0.785. The highest BCUT2D eigenvalue weighted by Crippen LogP contribution is 2.35. The van der Waals surface area contributed by atoms with Crippen molar-refractivity contribution in [2.24, 2.45) is 5.92 Å². The summed E-state index contributed by atoms with van der Waals surface area (Å²) in [6, 6.07) is 5.25. The van der Waals surface area contributed by atoms with Crippen LogP contribution in [0.2, 0.25) is 0 Å². The summed E-state index contributed by atoms with van der Waals surface area (Å²) in [7, 11) is 0. The van der Waals surface area contributed by atoms with Crippen LogP contribution in [0.4, 0.5) is 0 Å². The predicted octanol–water partition coefficient (Wildman–Crippen LogP) is 3.50. The van der Waals surface area contributed by atoms with E-state index in [1.54, 1.807) is 12.1 Å². The molecule has 1 N–H and O–H groups in total. The maximum atomic E-state index is 11.9. The second kappa shape index (κ2) is 4.28. The lowest BCUT2D eigenvalue weighted by Crippen LogP contribution is -2.03. The molecule has 0 radical (unpaired) electrons. The number of carbonyl (C=O) groups is 1. The monoisotopic (exact) mass is 218 g/mol. The van der Waals surface area contributed by atoms with Crippen LogP contribution in [-0.4, -0.2) is 10.9 Å². The number of phenolic OH excluding ortho intramolecular Hbond substituents is 1. The third-order valence-electron chi connectivity index (χ3n) is 3.40. The minimum absolute atomic E-state index is 0.240. The van der Waals surface area contributed by atoms with Crippen LogP contribution in [0, 0.1) is 5.92 Å². The SMILES string of the molecule is CCC(C)c1cc(C(=O)C2CC2)ccc1O. The van der Waals surface area contributed by atoms with Crippen LogP contribution in [-0.2, 0) is 0 Å². The van der Waals surface area contributed by atoms with Gasteiger partial charge >= 0.3 is 0 Å². The maximum absolute atomic E-state index is 11.9. The van der Waals surface area contributed by atoms with Gasteiger partial charge in [-0.25, -0.2) is 0 Å². The van der Waals surface area contributed by atoms with Crippen LogP contribution >= 0.6 is 0 Å². The van der Waals surface area contributed by atoms with Crippen molar-refractivity contribution in [3.63, 3.8) is 0 Å². The Morgan fingerprint density at radius 3 is 2.75 bits per heavy atom. The van der Waals surface area contributed by atoms with Gasteiger partial charge in [0.15, 0.2) is 5.78 Å². The van der Waals surface area contributed by atoms with Crippen LogP contribution < -0.4 is 0 Å². The van der Waals surface area contributed by atoms with Gasteiger partial charge in [-0.1, -0.05) is 13.8 Å². The van der Waals surface area contributed by atoms with Gasteiger partial charge in [0.05, 0.1) is 0 Å². The molecule has 1 aliphatic carbocycles. The number of rotatable bonds is 4. The van der Waals surface area contributed by atoms with Crippen molar-refractivity contribution < 1.29 is 9.90 Å². The van der Waals surface area contributed by atoms with E-state index < -0.39 is 0 Å². The number of carbonyl (C=O) groups excluding carboxylic acids is 1. The van der Waals surface area contributed by atoms with Gasteiger partial charge in [0, 0.05) is 11.5 Å². The Balaban J connectivity index is 2.30. The molecule has 2 heteroatoms. The van der Waals surface area contributed by atoms with Crippen molar-refractivity contribution in [1.29, 1.82) is 0 Å². The Bertz CT molecular complexity index is 405. The molecule has 1 atom stereocenters. The summed E-state index contributed by atoms with van der Waals surface area (Å²) in [5, 5.41) is 9.76. The smallest absolute Gasteiger partial charge is 0.165 e. The van der Waals surface area contributed by atoms with E-state index in [0.717, 1.165) is 30.4 Å². The van der Waals surface area contributed by atoms with Crippen molar-refractivity contribution >= 4 is 5.78 Å². The molecular formula is C14H18O2. The predicted molar refractivity (Wildman–Crippen MR) is 63.9 cm³/mol. The lowest BCUT2D eigenvalue weighted by atomic mass is 9.94. The molecule has 86 valence electrons. The zero-order valence-electron chi connectivity index (χ0n) is 9.86. The van der Waals surface area contributed by atoms with E-state index in [1.807, 2.05) is 6.07 Å². The van der Waals surface area contributed by atoms with Crippen molar-refractivity contribution in [2.75, 3.05) is 0 Å². The highest BCUT2D eigenvalue weighted by molar-refractivity contribution is 5.99. The number of benzene rings is 1. The first-order valence-corrected chi connectivity index (χ1v) is 6.00. The Hall–Kier alpha value is -1.31. The molecule has 16 heavy (non-hydrogen) atoms. The molecule has 0 heterocycles. The summed E-state index contributed by atoms with van der Waals surface area (Å²) in [6.07, 6.45) is 3.02. The Morgan fingerprint density at radius 2 is 2.19 bits per heavy atom. The lowest BCUT2D eigenvalue weighted by Gasteiger charge is -2.12. The molecule has 1 fully saturated rings. The number of hydrogen-bond acceptors (Lipinski definition) is 2. The third-order valence-corrected chi connectivity index (χ3v) is 3.40. The summed E-state index contributed by atoms with van der Waals surface area (Å²) in [5.41, 5.74) is 1.66. The van der Waals surface area contributed by atoms with Gasteiger partial charge in [-0.15, -0.1) is 0 Å². The molecule has 1 aliphatic rings. The van der Waals surface area contributed by atoms with Gasteiger partial charge < -0.3 is 5.11 Å². The number of Topliss-reactive ketones (excluding diaryl/α,β-unsaturated/α-hetero) is 1. The van der Waals surface area contributed by atoms with E-state index in [0.29, 0.717) is 11.7 Å². The lowest BCUT2D eigenvalue weighted by molar-refractivity contribution is 0.0967. The molecule has 0 bridgehead atoms. The molecule has 0 aromatic heterocycles. The van der Waals surface area contributed by atoms with Crippen LogP contribution in [0.1, 0.15) is 54.9 Å². The third kappa shape index (κ3) is 2.11. The van der Waals surface area contributed by atoms with Gasteiger partial charge in [0.1, 0.15) is 5.75 Å². The van der Waals surface area contributed by atoms with E-state index in [9.17, 15) is 9.90 Å². The minimum atomic E-state index is 0.240. The highest BCUT2D eigenvalue weighted by atomic mass is 16.3. The Morgan fingerprint density at radius 1 is 1.50 bits per heavy atom. The van der Waals surface area contributed by atoms with Gasteiger partial charge in [0.2, 0.25) is 0 Å². The molecule has 2 nitrogen and oxygen atoms in total. The summed E-state index contributed by atoms with van der Waals surface area (Å²) < 4.78 is 0. The first kappa shape index (κ1) is 11.2. The van der Waals surface area contributed by atoms with E-state index in [-0.39, 0.29) is 11.7 Å². The summed E-state index contributed by atoms with van der Waals surface area (Å²) >= 11 is 0. The summed E-state index contributed by atoms with van der Waals surface area (Å²) in [4.78, 5) is 11.9. The van der Waals surface area contributed by atoms with Crippen LogP contribution in [0.15, 0.2) is 18.2 Å². The Kier molecular flexibility index (Phi) is 2.99. The second-order valence-electron chi connectivity index (χ2n) is 4.72. The van der Waals surface area contributed by atoms with E-state index >= 15 is 0 Å². The first-order chi connectivity index (χ1) is 7.63. The van der Waals surface area contributed by atoms with Gasteiger partial charge in [-0.2, -0.15) is 0 Å². The van der Waals surface area contributed by atoms with Gasteiger partial charge in [0.25, 0.3) is 0 Å². The van der Waals surface area contributed by atoms with Crippen LogP contribution in [0.3, 0.4) is 0 Å². The minimum Gasteiger partial charge on any atom is -0.508 e. The van der Waals surface area contributed by atoms with E-state index in [4.69, 9.17) is 0 Å². The van der Waals surface area contributed by atoms with Crippen LogP contribution in [0.5, 0.6) is 5.75 Å². The molecule has 0 spiro atoms. The van der Waals surface area contributed by atoms with Crippen molar-refractivity contribution in [2.45, 2.75) is 39.0 Å². The molecule has 1 aromatic rings. The zero-order valence-corrected chi connectivity index (χ0v) is 9.86. The highest BCUT2D eigenvalue weighted by Gasteiger charge is 2.30. The Labute approximate surface area is 96.3 Å². The molecule has 0 amide bonds. The zero-order chi connectivity index (χ0) is 11.7. The number of aromatic hydroxyl groups is 1. The van der Waals surface area contributed by atoms with E-state index in [1.165, 1.54) is 0 Å². The van der Waals surface area contributed by atoms with Crippen LogP contribution in [0.25, 0.3) is 0 Å². The molecule has 1 unspecified atom stereocenters. The summed E-state index contributed by atoms with van der Waals surface area (Å²) in [6.45, 7) is 4.15. The molecular weight excluding hydrogens is 200 g/mol. The van der Waals surface area contributed by atoms with Crippen molar-refractivity contribution in [3.8, 4) is 5.75 Å². The standard InChI is InChI=1S/C14H18O2/c1-3-9(2)12-8-11(6-7-13(12)15)14(16)10-4-5-10/h6-10,15H,3-5H2,1-2H3. The normalized spacial score (nSPS) is 17.1. The van der Waals surface area contributed by atoms with Crippen molar-refractivity contribution in [3.05, 3.63) is 29.3 Å². The average Bonchev–Trinajstić information content (AvgIpc) is 3.11. The average molecular weight is 218 g/mol. The second-order valence-corrected chi connectivity index (χ2v) is 4.72. The largest absolute Gasteiger partial charge is 0.508 e. The summed E-state index contributed by atoms with van der Waals surface area (Å²) in [5.74, 6) is 1.09. The molecule has 1 saturated carbocycles. The van der Waals surface area contributed by atoms with Gasteiger partial charge in [-0.3, -0.25) is 4.79 Å². The fourth-order valence-corrected chi connectivity index (χ4v) is 1.90. The molecule has 0 aliphatic heterocycles. The maximum Gasteiger partial charge on any atom is 0.165 e. The number of phenols is 1. The number of hydrogen-bond donors (Lipinski definition) is 1. The van der Waals surface area contributed by atoms with Gasteiger partial charge in [-0.05, 0) is 48.9 Å². The fraction of sp³-hybridized carbons (Fsp3) is 0.500. The topological polar surface area (TPSA) is 37.3 Å². The van der Waals surface area contributed by atoms with E-state index in [2.05, 4.69) is 13.8 Å². The fourth-order valence-electron chi connectivity index (χ4n) is 1.90. The molecule has 0 saturated heterocycles. The first-order valence-electron chi connectivity index (χ1n) is 6.00. The molecule has 2 rings (SSSR count). The molecule has 1 aromatic carbocycles. The number of ketones is 1.